The van der Waals surface area contributed by atoms with Gasteiger partial charge in [0.05, 0.1) is 17.3 Å². The largest absolute Gasteiger partial charge is 0.515 e. The van der Waals surface area contributed by atoms with Crippen LogP contribution in [0.5, 0.6) is 0 Å². The van der Waals surface area contributed by atoms with Crippen molar-refractivity contribution in [2.75, 3.05) is 23.7 Å². The van der Waals surface area contributed by atoms with E-state index in [9.17, 15) is 19.5 Å². The van der Waals surface area contributed by atoms with Gasteiger partial charge in [-0.2, -0.15) is 0 Å². The Balaban J connectivity index is 1.55. The minimum atomic E-state index is -0.803. The average Bonchev–Trinajstić information content (AvgIpc) is 3.38. The number of benzene rings is 1. The summed E-state index contributed by atoms with van der Waals surface area (Å²) in [5, 5.41) is 29.1. The molecular formula is C26H35N5O4. The molecule has 1 spiro atoms. The van der Waals surface area contributed by atoms with E-state index in [-0.39, 0.29) is 29.0 Å². The first-order valence-electron chi connectivity index (χ1n) is 12.5. The third-order valence-electron chi connectivity index (χ3n) is 7.61. The SMILES string of the molecule is CC(=N)/C(=C\O)C(=O)NC(C(=O)Nc1ccc2c(c1)NC(=O)C21CCNC1)C1CCCCCCC1. The molecule has 1 saturated heterocycles. The Bertz CT molecular complexity index is 1040. The predicted octanol–water partition coefficient (Wildman–Crippen LogP) is 3.14. The van der Waals surface area contributed by atoms with E-state index in [4.69, 9.17) is 5.41 Å². The number of rotatable bonds is 6. The maximum absolute atomic E-state index is 13.5. The lowest BCUT2D eigenvalue weighted by Gasteiger charge is -2.29. The molecular weight excluding hydrogens is 446 g/mol. The van der Waals surface area contributed by atoms with Crippen molar-refractivity contribution < 1.29 is 19.5 Å². The van der Waals surface area contributed by atoms with Crippen molar-refractivity contribution >= 4 is 34.8 Å². The van der Waals surface area contributed by atoms with E-state index < -0.39 is 17.4 Å². The van der Waals surface area contributed by atoms with Crippen molar-refractivity contribution in [1.29, 1.82) is 5.41 Å². The van der Waals surface area contributed by atoms with Crippen LogP contribution in [-0.2, 0) is 19.8 Å². The van der Waals surface area contributed by atoms with E-state index in [0.29, 0.717) is 24.2 Å². The van der Waals surface area contributed by atoms with E-state index in [1.165, 1.54) is 13.3 Å². The van der Waals surface area contributed by atoms with Crippen molar-refractivity contribution in [3.63, 3.8) is 0 Å². The van der Waals surface area contributed by atoms with Crippen LogP contribution in [0.2, 0.25) is 0 Å². The number of hydrogen-bond donors (Lipinski definition) is 6. The van der Waals surface area contributed by atoms with Crippen LogP contribution in [0.1, 0.15) is 63.9 Å². The first-order valence-corrected chi connectivity index (χ1v) is 12.5. The Morgan fingerprint density at radius 1 is 1.20 bits per heavy atom. The number of anilines is 2. The number of carbonyl (C=O) groups is 3. The van der Waals surface area contributed by atoms with E-state index in [2.05, 4.69) is 21.3 Å². The summed E-state index contributed by atoms with van der Waals surface area (Å²) in [5.74, 6) is -1.05. The predicted molar refractivity (Wildman–Crippen MR) is 135 cm³/mol. The van der Waals surface area contributed by atoms with Gasteiger partial charge in [0.25, 0.3) is 5.91 Å². The van der Waals surface area contributed by atoms with Crippen LogP contribution in [-0.4, -0.2) is 47.7 Å². The summed E-state index contributed by atoms with van der Waals surface area (Å²) in [4.78, 5) is 39.0. The molecule has 1 saturated carbocycles. The second-order valence-corrected chi connectivity index (χ2v) is 9.94. The summed E-state index contributed by atoms with van der Waals surface area (Å²) in [6, 6.07) is 4.66. The Morgan fingerprint density at radius 3 is 2.54 bits per heavy atom. The zero-order chi connectivity index (χ0) is 25.0. The number of carbonyl (C=O) groups excluding carboxylic acids is 3. The zero-order valence-electron chi connectivity index (χ0n) is 20.2. The smallest absolute Gasteiger partial charge is 0.256 e. The molecule has 4 rings (SSSR count). The number of aliphatic hydroxyl groups is 1. The van der Waals surface area contributed by atoms with Crippen molar-refractivity contribution in [3.8, 4) is 0 Å². The molecule has 1 aliphatic carbocycles. The third kappa shape index (κ3) is 5.10. The van der Waals surface area contributed by atoms with Gasteiger partial charge in [0, 0.05) is 23.6 Å². The van der Waals surface area contributed by atoms with Crippen LogP contribution in [0.3, 0.4) is 0 Å². The Labute approximate surface area is 205 Å². The highest BCUT2D eigenvalue weighted by Crippen LogP contribution is 2.43. The van der Waals surface area contributed by atoms with Crippen LogP contribution in [0.4, 0.5) is 11.4 Å². The maximum Gasteiger partial charge on any atom is 0.256 e. The Morgan fingerprint density at radius 2 is 1.91 bits per heavy atom. The molecule has 9 nitrogen and oxygen atoms in total. The summed E-state index contributed by atoms with van der Waals surface area (Å²) < 4.78 is 0. The van der Waals surface area contributed by atoms with Crippen LogP contribution in [0.15, 0.2) is 30.0 Å². The molecule has 1 aromatic rings. The quantitative estimate of drug-likeness (QED) is 0.210. The Kier molecular flexibility index (Phi) is 7.54. The molecule has 6 N–H and O–H groups in total. The molecule has 9 heteroatoms. The standard InChI is InChI=1S/C26H35N5O4/c1-16(27)19(14-32)23(33)31-22(17-7-5-3-2-4-6-8-17)24(34)29-18-9-10-20-21(13-18)30-25(35)26(20)11-12-28-15-26/h9-10,13-14,17,22,27-28,32H,2-8,11-12,15H2,1H3,(H,29,34)(H,30,35)(H,31,33)/b19-14+,27-16?. The highest BCUT2D eigenvalue weighted by Gasteiger charge is 2.48. The Hall–Kier alpha value is -3.20. The van der Waals surface area contributed by atoms with E-state index in [0.717, 1.165) is 57.1 Å². The van der Waals surface area contributed by atoms with E-state index >= 15 is 0 Å². The van der Waals surface area contributed by atoms with Gasteiger partial charge in [-0.05, 0) is 56.3 Å². The van der Waals surface area contributed by atoms with Crippen LogP contribution in [0.25, 0.3) is 0 Å². The molecule has 3 amide bonds. The van der Waals surface area contributed by atoms with Crippen molar-refractivity contribution in [1.82, 2.24) is 10.6 Å². The van der Waals surface area contributed by atoms with Gasteiger partial charge in [0.2, 0.25) is 11.8 Å². The molecule has 0 bridgehead atoms. The van der Waals surface area contributed by atoms with Crippen LogP contribution >= 0.6 is 0 Å². The lowest BCUT2D eigenvalue weighted by Crippen LogP contribution is -2.49. The minimum Gasteiger partial charge on any atom is -0.515 e. The summed E-state index contributed by atoms with van der Waals surface area (Å²) >= 11 is 0. The summed E-state index contributed by atoms with van der Waals surface area (Å²) in [5.41, 5.74) is 1.40. The van der Waals surface area contributed by atoms with Crippen LogP contribution < -0.4 is 21.3 Å². The first kappa shape index (κ1) is 24.9. The second-order valence-electron chi connectivity index (χ2n) is 9.94. The highest BCUT2D eigenvalue weighted by atomic mass is 16.2. The molecule has 35 heavy (non-hydrogen) atoms. The van der Waals surface area contributed by atoms with Crippen LogP contribution in [0, 0.1) is 11.3 Å². The van der Waals surface area contributed by atoms with Gasteiger partial charge in [-0.3, -0.25) is 14.4 Å². The molecule has 188 valence electrons. The fourth-order valence-corrected chi connectivity index (χ4v) is 5.61. The number of nitrogens with one attached hydrogen (secondary N) is 5. The zero-order valence-corrected chi connectivity index (χ0v) is 20.2. The normalized spacial score (nSPS) is 23.7. The molecule has 0 radical (unpaired) electrons. The lowest BCUT2D eigenvalue weighted by atomic mass is 9.81. The highest BCUT2D eigenvalue weighted by molar-refractivity contribution is 6.20. The molecule has 2 atom stereocenters. The van der Waals surface area contributed by atoms with Gasteiger partial charge >= 0.3 is 0 Å². The number of aliphatic hydroxyl groups excluding tert-OH is 1. The monoisotopic (exact) mass is 481 g/mol. The van der Waals surface area contributed by atoms with Gasteiger partial charge in [0.15, 0.2) is 0 Å². The van der Waals surface area contributed by atoms with Gasteiger partial charge in [-0.25, -0.2) is 0 Å². The van der Waals surface area contributed by atoms with Gasteiger partial charge < -0.3 is 31.8 Å². The molecule has 0 aromatic heterocycles. The number of hydrogen-bond acceptors (Lipinski definition) is 6. The van der Waals surface area contributed by atoms with Crippen molar-refractivity contribution in [2.24, 2.45) is 5.92 Å². The number of amides is 3. The van der Waals surface area contributed by atoms with E-state index in [1.54, 1.807) is 12.1 Å². The lowest BCUT2D eigenvalue weighted by molar-refractivity contribution is -0.125. The van der Waals surface area contributed by atoms with Crippen molar-refractivity contribution in [2.45, 2.75) is 69.7 Å². The topological polar surface area (TPSA) is 143 Å². The second kappa shape index (κ2) is 10.6. The molecule has 2 heterocycles. The fraction of sp³-hybridized carbons (Fsp3) is 0.538. The maximum atomic E-state index is 13.5. The molecule has 1 aromatic carbocycles. The summed E-state index contributed by atoms with van der Waals surface area (Å²) in [6.45, 7) is 2.80. The molecule has 2 fully saturated rings. The molecule has 2 unspecified atom stereocenters. The summed E-state index contributed by atoms with van der Waals surface area (Å²) in [7, 11) is 0. The van der Waals surface area contributed by atoms with E-state index in [1.807, 2.05) is 6.07 Å². The average molecular weight is 482 g/mol. The first-order chi connectivity index (χ1) is 16.9. The summed E-state index contributed by atoms with van der Waals surface area (Å²) in [6.07, 6.45) is 8.32. The third-order valence-corrected chi connectivity index (χ3v) is 7.61. The molecule has 2 aliphatic heterocycles. The van der Waals surface area contributed by atoms with Gasteiger partial charge in [-0.15, -0.1) is 0 Å². The van der Waals surface area contributed by atoms with Crippen molar-refractivity contribution in [3.05, 3.63) is 35.6 Å². The fourth-order valence-electron chi connectivity index (χ4n) is 5.61. The number of fused-ring (bicyclic) bond motifs is 2. The molecule has 3 aliphatic rings. The van der Waals surface area contributed by atoms with Gasteiger partial charge in [-0.1, -0.05) is 38.2 Å². The van der Waals surface area contributed by atoms with Gasteiger partial charge in [0.1, 0.15) is 6.04 Å². The minimum absolute atomic E-state index is 0.0222.